The molecule has 8 nitrogen and oxygen atoms in total. The van der Waals surface area contributed by atoms with Gasteiger partial charge in [0.2, 0.25) is 0 Å². The third kappa shape index (κ3) is 12.6. The van der Waals surface area contributed by atoms with Gasteiger partial charge in [-0.15, -0.1) is 0 Å². The smallest absolute Gasteiger partial charge is 0.545 e. The molecule has 0 aliphatic carbocycles. The Hall–Kier alpha value is -4.47. The fourth-order valence-electron chi connectivity index (χ4n) is 2.63. The van der Waals surface area contributed by atoms with E-state index in [2.05, 4.69) is 13.2 Å². The minimum atomic E-state index is -1.13. The Labute approximate surface area is 241 Å². The summed E-state index contributed by atoms with van der Waals surface area (Å²) in [5.74, 6) is -4.14. The molecule has 0 radical (unpaired) electrons. The van der Waals surface area contributed by atoms with Gasteiger partial charge >= 0.3 is 35.0 Å². The average molecular weight is 539 g/mol. The zero-order valence-corrected chi connectivity index (χ0v) is 23.0. The molecule has 2 N–H and O–H groups in total. The summed E-state index contributed by atoms with van der Waals surface area (Å²) in [4.78, 5) is 40.3. The summed E-state index contributed by atoms with van der Waals surface area (Å²) in [5.41, 5.74) is 0.794. The van der Waals surface area contributed by atoms with E-state index in [-0.39, 0.29) is 45.3 Å². The molecule has 0 fully saturated rings. The topological polar surface area (TPSA) is 155 Å². The molecule has 0 saturated carbocycles. The molecule has 39 heavy (non-hydrogen) atoms. The molecule has 0 atom stereocenters. The minimum absolute atomic E-state index is 0. The van der Waals surface area contributed by atoms with Crippen molar-refractivity contribution in [3.8, 4) is 0 Å². The summed E-state index contributed by atoms with van der Waals surface area (Å²) in [5, 5.41) is 40.8. The molecule has 196 valence electrons. The van der Waals surface area contributed by atoms with Crippen LogP contribution in [0.5, 0.6) is 0 Å². The number of carbonyl (C=O) groups excluding carboxylic acids is 2. The quantitative estimate of drug-likeness (QED) is 0.296. The molecule has 9 heteroatoms. The predicted molar refractivity (Wildman–Crippen MR) is 147 cm³/mol. The van der Waals surface area contributed by atoms with Crippen LogP contribution in [0.2, 0.25) is 0 Å². The van der Waals surface area contributed by atoms with Crippen molar-refractivity contribution >= 4 is 68.5 Å². The van der Waals surface area contributed by atoms with Gasteiger partial charge in [0, 0.05) is 11.1 Å². The zero-order chi connectivity index (χ0) is 28.8. The number of fused-ring (bicyclic) bond motifs is 2. The summed E-state index contributed by atoms with van der Waals surface area (Å²) in [7, 11) is 0. The van der Waals surface area contributed by atoms with Crippen LogP contribution in [0.1, 0.15) is 34.6 Å². The fraction of sp³-hybridized carbons (Fsp3) is 0.0667. The molecule has 0 aliphatic rings. The van der Waals surface area contributed by atoms with Crippen LogP contribution in [0.3, 0.4) is 0 Å². The van der Waals surface area contributed by atoms with Crippen LogP contribution in [-0.2, 0) is 9.59 Å². The van der Waals surface area contributed by atoms with Gasteiger partial charge < -0.3 is 30.0 Å². The Morgan fingerprint density at radius 3 is 1.05 bits per heavy atom. The normalized spacial score (nSPS) is 9.08. The Balaban J connectivity index is 0.000000524. The van der Waals surface area contributed by atoms with Crippen LogP contribution in [0.15, 0.2) is 109 Å². The third-order valence-corrected chi connectivity index (χ3v) is 4.70. The van der Waals surface area contributed by atoms with Crippen LogP contribution in [0.4, 0.5) is 0 Å². The molecule has 0 aliphatic heterocycles. The molecule has 4 rings (SSSR count). The Kier molecular flexibility index (Phi) is 15.2. The van der Waals surface area contributed by atoms with E-state index in [1.54, 1.807) is 36.4 Å². The van der Waals surface area contributed by atoms with Gasteiger partial charge in [-0.25, -0.2) is 9.59 Å². The van der Waals surface area contributed by atoms with Crippen LogP contribution >= 0.6 is 0 Å². The SMILES string of the molecule is C=C(C)C(=O)O.C=C(C)C(=O)O.O=C([O-])c1ccc2ccccc2c1.O=C([O-])c1ccc2ccccc2c1.[Mg+2]. The maximum atomic E-state index is 10.5. The molecule has 0 amide bonds. The van der Waals surface area contributed by atoms with E-state index < -0.39 is 23.9 Å². The van der Waals surface area contributed by atoms with Crippen molar-refractivity contribution in [1.82, 2.24) is 0 Å². The summed E-state index contributed by atoms with van der Waals surface area (Å²) in [6.07, 6.45) is 0. The van der Waals surface area contributed by atoms with E-state index >= 15 is 0 Å². The number of hydrogen-bond acceptors (Lipinski definition) is 6. The second-order valence-electron chi connectivity index (χ2n) is 7.87. The van der Waals surface area contributed by atoms with E-state index in [4.69, 9.17) is 10.2 Å². The van der Waals surface area contributed by atoms with Gasteiger partial charge in [-0.3, -0.25) is 0 Å². The number of carbonyl (C=O) groups is 4. The number of carboxylic acids is 4. The van der Waals surface area contributed by atoms with Crippen molar-refractivity contribution < 1.29 is 39.6 Å². The molecule has 0 heterocycles. The van der Waals surface area contributed by atoms with Gasteiger partial charge in [0.25, 0.3) is 0 Å². The number of carboxylic acid groups (broad SMARTS) is 4. The van der Waals surface area contributed by atoms with Crippen molar-refractivity contribution in [2.75, 3.05) is 0 Å². The van der Waals surface area contributed by atoms with Crippen molar-refractivity contribution in [3.63, 3.8) is 0 Å². The molecular weight excluding hydrogens is 513 g/mol. The van der Waals surface area contributed by atoms with Crippen molar-refractivity contribution in [2.45, 2.75) is 13.8 Å². The van der Waals surface area contributed by atoms with Gasteiger partial charge in [0.15, 0.2) is 0 Å². The second kappa shape index (κ2) is 17.1. The summed E-state index contributed by atoms with van der Waals surface area (Å²) >= 11 is 0. The molecule has 0 saturated heterocycles. The Morgan fingerprint density at radius 2 is 0.821 bits per heavy atom. The Morgan fingerprint density at radius 1 is 0.564 bits per heavy atom. The maximum absolute atomic E-state index is 10.5. The van der Waals surface area contributed by atoms with Crippen LogP contribution in [0, 0.1) is 0 Å². The van der Waals surface area contributed by atoms with Gasteiger partial charge in [-0.2, -0.15) is 0 Å². The van der Waals surface area contributed by atoms with Crippen LogP contribution in [0.25, 0.3) is 21.5 Å². The molecule has 0 bridgehead atoms. The molecule has 0 aromatic heterocycles. The molecule has 0 spiro atoms. The first kappa shape index (κ1) is 34.5. The van der Waals surface area contributed by atoms with Crippen molar-refractivity contribution in [2.24, 2.45) is 0 Å². The van der Waals surface area contributed by atoms with E-state index in [1.807, 2.05) is 48.5 Å². The van der Waals surface area contributed by atoms with Gasteiger partial charge in [-0.05, 0) is 58.7 Å². The summed E-state index contributed by atoms with van der Waals surface area (Å²) in [6, 6.07) is 25.1. The molecular formula is C30H26MgO8. The Bertz CT molecular complexity index is 1350. The molecule has 4 aromatic carbocycles. The largest absolute Gasteiger partial charge is 2.00 e. The van der Waals surface area contributed by atoms with Gasteiger partial charge in [0.05, 0.1) is 11.9 Å². The first-order valence-corrected chi connectivity index (χ1v) is 11.0. The van der Waals surface area contributed by atoms with Crippen molar-refractivity contribution in [1.29, 1.82) is 0 Å². The fourth-order valence-corrected chi connectivity index (χ4v) is 2.63. The first-order chi connectivity index (χ1) is 17.8. The van der Waals surface area contributed by atoms with Gasteiger partial charge in [-0.1, -0.05) is 86.0 Å². The number of rotatable bonds is 4. The van der Waals surface area contributed by atoms with Crippen LogP contribution in [-0.4, -0.2) is 57.1 Å². The van der Waals surface area contributed by atoms with E-state index in [0.29, 0.717) is 0 Å². The standard InChI is InChI=1S/2C11H8O2.2C4H6O2.Mg/c2*12-11(13)10-6-5-8-3-1-2-4-9(8)7-10;2*1-3(2)4(5)6;/h2*1-7H,(H,12,13);2*1H2,2H3,(H,5,6);/q;;;;+2/p-2. The maximum Gasteiger partial charge on any atom is 2.00 e. The number of benzene rings is 4. The van der Waals surface area contributed by atoms with Gasteiger partial charge in [0.1, 0.15) is 0 Å². The zero-order valence-electron chi connectivity index (χ0n) is 21.5. The minimum Gasteiger partial charge on any atom is -0.545 e. The van der Waals surface area contributed by atoms with E-state index in [0.717, 1.165) is 21.5 Å². The number of aliphatic carboxylic acids is 2. The number of hydrogen-bond donors (Lipinski definition) is 2. The third-order valence-electron chi connectivity index (χ3n) is 4.70. The first-order valence-electron chi connectivity index (χ1n) is 11.0. The van der Waals surface area contributed by atoms with Crippen molar-refractivity contribution in [3.05, 3.63) is 120 Å². The number of aromatic carboxylic acids is 2. The molecule has 4 aromatic rings. The summed E-state index contributed by atoms with van der Waals surface area (Å²) in [6.45, 7) is 9.20. The van der Waals surface area contributed by atoms with E-state index in [9.17, 15) is 29.4 Å². The second-order valence-corrected chi connectivity index (χ2v) is 7.87. The van der Waals surface area contributed by atoms with E-state index in [1.165, 1.54) is 13.8 Å². The molecule has 0 unspecified atom stereocenters. The van der Waals surface area contributed by atoms with Crippen LogP contribution < -0.4 is 10.2 Å². The predicted octanol–water partition coefficient (Wildman–Crippen LogP) is 3.32. The summed E-state index contributed by atoms with van der Waals surface area (Å²) < 4.78 is 0. The average Bonchev–Trinajstić information content (AvgIpc) is 2.89. The monoisotopic (exact) mass is 538 g/mol.